The number of benzene rings is 1. The summed E-state index contributed by atoms with van der Waals surface area (Å²) >= 11 is 0. The van der Waals surface area contributed by atoms with Gasteiger partial charge in [0.1, 0.15) is 17.1 Å². The van der Waals surface area contributed by atoms with Gasteiger partial charge in [0.05, 0.1) is 17.9 Å². The predicted molar refractivity (Wildman–Crippen MR) is 121 cm³/mol. The van der Waals surface area contributed by atoms with Crippen LogP contribution < -0.4 is 10.1 Å². The fourth-order valence-electron chi connectivity index (χ4n) is 4.89. The maximum Gasteiger partial charge on any atom is 0.259 e. The number of likely N-dealkylation sites (tertiary alicyclic amines) is 1. The van der Waals surface area contributed by atoms with E-state index >= 15 is 0 Å². The van der Waals surface area contributed by atoms with Gasteiger partial charge in [0.25, 0.3) is 11.8 Å². The lowest BCUT2D eigenvalue weighted by atomic mass is 9.74. The third kappa shape index (κ3) is 4.66. The molecule has 2 aromatic rings. The highest BCUT2D eigenvalue weighted by molar-refractivity contribution is 5.97. The average molecular weight is 440 g/mol. The second-order valence-electron chi connectivity index (χ2n) is 9.04. The Morgan fingerprint density at radius 1 is 1.16 bits per heavy atom. The van der Waals surface area contributed by atoms with Gasteiger partial charge < -0.3 is 19.5 Å². The van der Waals surface area contributed by atoms with Crippen molar-refractivity contribution in [2.24, 2.45) is 5.41 Å². The molecule has 7 nitrogen and oxygen atoms in total. The summed E-state index contributed by atoms with van der Waals surface area (Å²) in [6.45, 7) is 6.39. The molecule has 1 fully saturated rings. The number of rotatable bonds is 2. The fourth-order valence-corrected chi connectivity index (χ4v) is 4.89. The summed E-state index contributed by atoms with van der Waals surface area (Å²) in [6.07, 6.45) is 6.64. The van der Waals surface area contributed by atoms with E-state index in [1.807, 2.05) is 36.1 Å². The SMILES string of the molecule is CCc1noc(C)c1C(=O)N1CCC2(CCCCCOc3ccccc3C(=O)NC2)CC1. The Bertz CT molecular complexity index is 960. The molecule has 1 aromatic heterocycles. The predicted octanol–water partition coefficient (Wildman–Crippen LogP) is 4.15. The summed E-state index contributed by atoms with van der Waals surface area (Å²) in [5, 5.41) is 7.21. The van der Waals surface area contributed by atoms with Crippen LogP contribution in [0.3, 0.4) is 0 Å². The van der Waals surface area contributed by atoms with Crippen LogP contribution in [-0.2, 0) is 6.42 Å². The minimum Gasteiger partial charge on any atom is -0.493 e. The number of carbonyl (C=O) groups excluding carboxylic acids is 2. The maximum absolute atomic E-state index is 13.2. The first-order chi connectivity index (χ1) is 15.5. The molecule has 172 valence electrons. The molecule has 0 saturated carbocycles. The number of fused-ring (bicyclic) bond motifs is 1. The van der Waals surface area contributed by atoms with E-state index in [0.717, 1.165) is 44.2 Å². The lowest BCUT2D eigenvalue weighted by Crippen LogP contribution is -2.48. The van der Waals surface area contributed by atoms with E-state index in [1.54, 1.807) is 6.92 Å². The Kier molecular flexibility index (Phi) is 6.82. The average Bonchev–Trinajstić information content (AvgIpc) is 3.20. The number of amides is 2. The molecule has 0 atom stereocenters. The molecular weight excluding hydrogens is 406 g/mol. The molecule has 2 aliphatic rings. The number of para-hydroxylation sites is 1. The number of hydrogen-bond donors (Lipinski definition) is 1. The highest BCUT2D eigenvalue weighted by Gasteiger charge is 2.37. The molecular formula is C25H33N3O4. The number of piperidine rings is 1. The molecule has 1 spiro atoms. The van der Waals surface area contributed by atoms with Gasteiger partial charge in [-0.1, -0.05) is 37.1 Å². The van der Waals surface area contributed by atoms with Gasteiger partial charge in [0.15, 0.2) is 0 Å². The van der Waals surface area contributed by atoms with Crippen molar-refractivity contribution in [1.29, 1.82) is 0 Å². The van der Waals surface area contributed by atoms with Gasteiger partial charge in [-0.25, -0.2) is 0 Å². The van der Waals surface area contributed by atoms with E-state index < -0.39 is 0 Å². The van der Waals surface area contributed by atoms with Crippen molar-refractivity contribution in [3.63, 3.8) is 0 Å². The van der Waals surface area contributed by atoms with Gasteiger partial charge >= 0.3 is 0 Å². The van der Waals surface area contributed by atoms with Crippen molar-refractivity contribution in [2.75, 3.05) is 26.2 Å². The first kappa shape index (κ1) is 22.4. The largest absolute Gasteiger partial charge is 0.493 e. The molecule has 0 bridgehead atoms. The van der Waals surface area contributed by atoms with Gasteiger partial charge in [-0.05, 0) is 56.6 Å². The first-order valence-electron chi connectivity index (χ1n) is 11.8. The second-order valence-corrected chi connectivity index (χ2v) is 9.04. The summed E-state index contributed by atoms with van der Waals surface area (Å²) in [5.74, 6) is 1.16. The molecule has 2 amide bonds. The van der Waals surface area contributed by atoms with Crippen LogP contribution in [0.1, 0.15) is 77.6 Å². The van der Waals surface area contributed by atoms with Crippen LogP contribution >= 0.6 is 0 Å². The number of nitrogens with one attached hydrogen (secondary N) is 1. The van der Waals surface area contributed by atoms with Crippen LogP contribution in [-0.4, -0.2) is 48.1 Å². The maximum atomic E-state index is 13.2. The van der Waals surface area contributed by atoms with Crippen LogP contribution in [0.25, 0.3) is 0 Å². The highest BCUT2D eigenvalue weighted by Crippen LogP contribution is 2.37. The Morgan fingerprint density at radius 3 is 2.72 bits per heavy atom. The molecule has 0 aliphatic carbocycles. The molecule has 3 heterocycles. The third-order valence-corrected chi connectivity index (χ3v) is 6.96. The summed E-state index contributed by atoms with van der Waals surface area (Å²) in [5.41, 5.74) is 1.95. The number of aryl methyl sites for hydroxylation is 2. The van der Waals surface area contributed by atoms with Crippen LogP contribution in [0.4, 0.5) is 0 Å². The third-order valence-electron chi connectivity index (χ3n) is 6.96. The summed E-state index contributed by atoms with van der Waals surface area (Å²) < 4.78 is 11.1. The zero-order valence-electron chi connectivity index (χ0n) is 19.1. The normalized spacial score (nSPS) is 19.3. The number of hydrogen-bond acceptors (Lipinski definition) is 5. The number of aromatic nitrogens is 1. The smallest absolute Gasteiger partial charge is 0.259 e. The molecule has 1 N–H and O–H groups in total. The second kappa shape index (κ2) is 9.76. The minimum atomic E-state index is -0.0910. The van der Waals surface area contributed by atoms with Crippen LogP contribution in [0, 0.1) is 12.3 Å². The first-order valence-corrected chi connectivity index (χ1v) is 11.8. The van der Waals surface area contributed by atoms with E-state index in [-0.39, 0.29) is 17.2 Å². The number of nitrogens with zero attached hydrogens (tertiary/aromatic N) is 2. The van der Waals surface area contributed by atoms with E-state index in [0.29, 0.717) is 55.3 Å². The molecule has 0 radical (unpaired) electrons. The molecule has 7 heteroatoms. The van der Waals surface area contributed by atoms with Gasteiger partial charge in [-0.3, -0.25) is 9.59 Å². The van der Waals surface area contributed by atoms with Gasteiger partial charge in [-0.15, -0.1) is 0 Å². The van der Waals surface area contributed by atoms with Gasteiger partial charge in [0, 0.05) is 19.6 Å². The summed E-state index contributed by atoms with van der Waals surface area (Å²) in [4.78, 5) is 28.0. The molecule has 2 aliphatic heterocycles. The van der Waals surface area contributed by atoms with Crippen molar-refractivity contribution < 1.29 is 18.8 Å². The van der Waals surface area contributed by atoms with Crippen molar-refractivity contribution >= 4 is 11.8 Å². The standard InChI is InChI=1S/C25H33N3O4/c1-3-20-22(18(2)32-27-20)24(30)28-14-12-25(13-15-28)11-7-4-8-16-31-21-10-6-5-9-19(21)23(29)26-17-25/h5-6,9-10H,3-4,7-8,11-17H2,1-2H3,(H,26,29). The van der Waals surface area contributed by atoms with Gasteiger partial charge in [0.2, 0.25) is 0 Å². The zero-order chi connectivity index (χ0) is 22.6. The van der Waals surface area contributed by atoms with E-state index in [2.05, 4.69) is 10.5 Å². The lowest BCUT2D eigenvalue weighted by molar-refractivity contribution is 0.0531. The Morgan fingerprint density at radius 2 is 1.94 bits per heavy atom. The summed E-state index contributed by atoms with van der Waals surface area (Å²) in [6, 6.07) is 7.44. The molecule has 1 saturated heterocycles. The number of ether oxygens (including phenoxy) is 1. The van der Waals surface area contributed by atoms with Crippen LogP contribution in [0.2, 0.25) is 0 Å². The Labute approximate surface area is 189 Å². The molecule has 32 heavy (non-hydrogen) atoms. The lowest BCUT2D eigenvalue weighted by Gasteiger charge is -2.42. The fraction of sp³-hybridized carbons (Fsp3) is 0.560. The monoisotopic (exact) mass is 439 g/mol. The van der Waals surface area contributed by atoms with Crippen molar-refractivity contribution in [2.45, 2.75) is 58.8 Å². The van der Waals surface area contributed by atoms with Crippen molar-refractivity contribution in [3.05, 3.63) is 46.8 Å². The van der Waals surface area contributed by atoms with Crippen LogP contribution in [0.15, 0.2) is 28.8 Å². The minimum absolute atomic E-state index is 0.0126. The Balaban J connectivity index is 1.46. The topological polar surface area (TPSA) is 84.7 Å². The molecule has 1 aromatic carbocycles. The van der Waals surface area contributed by atoms with Gasteiger partial charge in [-0.2, -0.15) is 0 Å². The zero-order valence-corrected chi connectivity index (χ0v) is 19.1. The van der Waals surface area contributed by atoms with Crippen molar-refractivity contribution in [1.82, 2.24) is 15.4 Å². The van der Waals surface area contributed by atoms with Crippen LogP contribution in [0.5, 0.6) is 5.75 Å². The van der Waals surface area contributed by atoms with E-state index in [4.69, 9.17) is 9.26 Å². The van der Waals surface area contributed by atoms with Crippen molar-refractivity contribution in [3.8, 4) is 5.75 Å². The van der Waals surface area contributed by atoms with E-state index in [9.17, 15) is 9.59 Å². The summed E-state index contributed by atoms with van der Waals surface area (Å²) in [7, 11) is 0. The molecule has 4 rings (SSSR count). The number of carbonyl (C=O) groups is 2. The Hall–Kier alpha value is -2.83. The molecule has 0 unspecified atom stereocenters. The quantitative estimate of drug-likeness (QED) is 0.760. The van der Waals surface area contributed by atoms with E-state index in [1.165, 1.54) is 0 Å². The highest BCUT2D eigenvalue weighted by atomic mass is 16.5.